The fourth-order valence-corrected chi connectivity index (χ4v) is 2.84. The second-order valence-corrected chi connectivity index (χ2v) is 6.45. The van der Waals surface area contributed by atoms with E-state index in [1.165, 1.54) is 6.42 Å². The minimum absolute atomic E-state index is 0.212. The van der Waals surface area contributed by atoms with Gasteiger partial charge in [0.05, 0.1) is 19.8 Å². The Hall–Kier alpha value is -0.200. The van der Waals surface area contributed by atoms with Gasteiger partial charge in [-0.05, 0) is 12.8 Å². The van der Waals surface area contributed by atoms with Gasteiger partial charge in [-0.1, -0.05) is 13.8 Å². The standard InChI is InChI=1S/C16H34N2O3/c1-15(2)17-12-16(6-5-9-21-14-16)13-18(7-10-19-3)8-11-20-4/h15,17H,5-14H2,1-4H3. The molecule has 0 aromatic rings. The Morgan fingerprint density at radius 1 is 1.19 bits per heavy atom. The number of ether oxygens (including phenoxy) is 3. The molecular weight excluding hydrogens is 268 g/mol. The summed E-state index contributed by atoms with van der Waals surface area (Å²) in [5.41, 5.74) is 0.212. The third-order valence-corrected chi connectivity index (χ3v) is 4.07. The first-order valence-corrected chi connectivity index (χ1v) is 8.13. The summed E-state index contributed by atoms with van der Waals surface area (Å²) < 4.78 is 16.3. The van der Waals surface area contributed by atoms with Crippen LogP contribution in [0.2, 0.25) is 0 Å². The van der Waals surface area contributed by atoms with Gasteiger partial charge in [0.2, 0.25) is 0 Å². The molecule has 126 valence electrons. The van der Waals surface area contributed by atoms with Crippen LogP contribution in [-0.4, -0.2) is 77.8 Å². The van der Waals surface area contributed by atoms with Crippen molar-refractivity contribution in [1.82, 2.24) is 10.2 Å². The van der Waals surface area contributed by atoms with Crippen molar-refractivity contribution in [3.63, 3.8) is 0 Å². The molecule has 1 fully saturated rings. The number of hydrogen-bond acceptors (Lipinski definition) is 5. The van der Waals surface area contributed by atoms with Crippen molar-refractivity contribution in [3.05, 3.63) is 0 Å². The Balaban J connectivity index is 2.60. The molecule has 0 aromatic heterocycles. The molecular formula is C16H34N2O3. The largest absolute Gasteiger partial charge is 0.383 e. The van der Waals surface area contributed by atoms with Gasteiger partial charge < -0.3 is 19.5 Å². The lowest BCUT2D eigenvalue weighted by atomic mass is 9.81. The molecule has 1 aliphatic rings. The molecule has 1 heterocycles. The highest BCUT2D eigenvalue weighted by atomic mass is 16.5. The maximum atomic E-state index is 5.80. The van der Waals surface area contributed by atoms with Crippen LogP contribution in [0.3, 0.4) is 0 Å². The van der Waals surface area contributed by atoms with Gasteiger partial charge in [-0.15, -0.1) is 0 Å². The Kier molecular flexibility index (Phi) is 9.44. The molecule has 5 heteroatoms. The first kappa shape index (κ1) is 18.8. The van der Waals surface area contributed by atoms with Crippen molar-refractivity contribution in [2.24, 2.45) is 5.41 Å². The molecule has 0 saturated carbocycles. The van der Waals surface area contributed by atoms with E-state index in [1.54, 1.807) is 14.2 Å². The summed E-state index contributed by atoms with van der Waals surface area (Å²) in [5.74, 6) is 0. The maximum Gasteiger partial charge on any atom is 0.0589 e. The Labute approximate surface area is 130 Å². The zero-order chi connectivity index (χ0) is 15.6. The van der Waals surface area contributed by atoms with Gasteiger partial charge in [0.15, 0.2) is 0 Å². The summed E-state index contributed by atoms with van der Waals surface area (Å²) in [5, 5.41) is 3.60. The van der Waals surface area contributed by atoms with E-state index in [9.17, 15) is 0 Å². The van der Waals surface area contributed by atoms with Crippen LogP contribution in [-0.2, 0) is 14.2 Å². The summed E-state index contributed by atoms with van der Waals surface area (Å²) >= 11 is 0. The van der Waals surface area contributed by atoms with E-state index in [-0.39, 0.29) is 5.41 Å². The van der Waals surface area contributed by atoms with Gasteiger partial charge in [0, 0.05) is 58.5 Å². The van der Waals surface area contributed by atoms with Crippen molar-refractivity contribution < 1.29 is 14.2 Å². The number of nitrogens with one attached hydrogen (secondary N) is 1. The molecule has 21 heavy (non-hydrogen) atoms. The van der Waals surface area contributed by atoms with E-state index in [0.29, 0.717) is 6.04 Å². The molecule has 5 nitrogen and oxygen atoms in total. The first-order valence-electron chi connectivity index (χ1n) is 8.13. The fraction of sp³-hybridized carbons (Fsp3) is 1.00. The molecule has 0 spiro atoms. The number of hydrogen-bond donors (Lipinski definition) is 1. The first-order chi connectivity index (χ1) is 10.1. The third-order valence-electron chi connectivity index (χ3n) is 4.07. The minimum Gasteiger partial charge on any atom is -0.383 e. The van der Waals surface area contributed by atoms with E-state index in [1.807, 2.05) is 0 Å². The average molecular weight is 302 g/mol. The van der Waals surface area contributed by atoms with Gasteiger partial charge in [-0.3, -0.25) is 4.90 Å². The molecule has 0 amide bonds. The van der Waals surface area contributed by atoms with Crippen LogP contribution in [0, 0.1) is 5.41 Å². The van der Waals surface area contributed by atoms with Gasteiger partial charge in [-0.25, -0.2) is 0 Å². The highest BCUT2D eigenvalue weighted by molar-refractivity contribution is 4.88. The van der Waals surface area contributed by atoms with Gasteiger partial charge in [-0.2, -0.15) is 0 Å². The van der Waals surface area contributed by atoms with Crippen molar-refractivity contribution in [1.29, 1.82) is 0 Å². The molecule has 1 atom stereocenters. The van der Waals surface area contributed by atoms with Crippen molar-refractivity contribution in [2.45, 2.75) is 32.7 Å². The second kappa shape index (κ2) is 10.5. The van der Waals surface area contributed by atoms with Gasteiger partial charge >= 0.3 is 0 Å². The zero-order valence-corrected chi connectivity index (χ0v) is 14.3. The van der Waals surface area contributed by atoms with E-state index in [0.717, 1.165) is 59.0 Å². The topological polar surface area (TPSA) is 43.0 Å². The summed E-state index contributed by atoms with van der Waals surface area (Å²) in [4.78, 5) is 2.45. The summed E-state index contributed by atoms with van der Waals surface area (Å²) in [6.07, 6.45) is 2.38. The zero-order valence-electron chi connectivity index (χ0n) is 14.3. The normalized spacial score (nSPS) is 23.1. The Morgan fingerprint density at radius 3 is 2.33 bits per heavy atom. The van der Waals surface area contributed by atoms with Gasteiger partial charge in [0.25, 0.3) is 0 Å². The lowest BCUT2D eigenvalue weighted by molar-refractivity contribution is -0.0325. The molecule has 1 unspecified atom stereocenters. The van der Waals surface area contributed by atoms with Crippen molar-refractivity contribution >= 4 is 0 Å². The van der Waals surface area contributed by atoms with E-state index < -0.39 is 0 Å². The smallest absolute Gasteiger partial charge is 0.0589 e. The average Bonchev–Trinajstić information content (AvgIpc) is 2.49. The van der Waals surface area contributed by atoms with Gasteiger partial charge in [0.1, 0.15) is 0 Å². The van der Waals surface area contributed by atoms with Crippen molar-refractivity contribution in [2.75, 3.05) is 66.8 Å². The molecule has 1 rings (SSSR count). The maximum absolute atomic E-state index is 5.80. The lowest BCUT2D eigenvalue weighted by Gasteiger charge is -2.41. The molecule has 0 aromatic carbocycles. The molecule has 1 aliphatic heterocycles. The van der Waals surface area contributed by atoms with Crippen LogP contribution < -0.4 is 5.32 Å². The van der Waals surface area contributed by atoms with Crippen LogP contribution in [0.25, 0.3) is 0 Å². The fourth-order valence-electron chi connectivity index (χ4n) is 2.84. The quantitative estimate of drug-likeness (QED) is 0.624. The molecule has 0 bridgehead atoms. The van der Waals surface area contributed by atoms with Crippen LogP contribution >= 0.6 is 0 Å². The number of nitrogens with zero attached hydrogens (tertiary/aromatic N) is 1. The molecule has 0 radical (unpaired) electrons. The van der Waals surface area contributed by atoms with E-state index in [2.05, 4.69) is 24.1 Å². The highest BCUT2D eigenvalue weighted by Crippen LogP contribution is 2.29. The highest BCUT2D eigenvalue weighted by Gasteiger charge is 2.34. The van der Waals surface area contributed by atoms with Crippen LogP contribution in [0.5, 0.6) is 0 Å². The Morgan fingerprint density at radius 2 is 1.86 bits per heavy atom. The van der Waals surface area contributed by atoms with Crippen LogP contribution in [0.15, 0.2) is 0 Å². The number of rotatable bonds is 11. The summed E-state index contributed by atoms with van der Waals surface area (Å²) in [6.45, 7) is 11.6. The monoisotopic (exact) mass is 302 g/mol. The predicted octanol–water partition coefficient (Wildman–Crippen LogP) is 1.38. The van der Waals surface area contributed by atoms with E-state index >= 15 is 0 Å². The minimum atomic E-state index is 0.212. The third kappa shape index (κ3) is 7.56. The SMILES string of the molecule is COCCN(CCOC)CC1(CNC(C)C)CCCOC1. The second-order valence-electron chi connectivity index (χ2n) is 6.45. The molecule has 1 N–H and O–H groups in total. The molecule has 1 saturated heterocycles. The van der Waals surface area contributed by atoms with Crippen LogP contribution in [0.1, 0.15) is 26.7 Å². The van der Waals surface area contributed by atoms with Crippen molar-refractivity contribution in [3.8, 4) is 0 Å². The predicted molar refractivity (Wildman–Crippen MR) is 85.8 cm³/mol. The lowest BCUT2D eigenvalue weighted by Crippen LogP contribution is -2.51. The number of methoxy groups -OCH3 is 2. The van der Waals surface area contributed by atoms with E-state index in [4.69, 9.17) is 14.2 Å². The molecule has 0 aliphatic carbocycles. The summed E-state index contributed by atoms with van der Waals surface area (Å²) in [7, 11) is 3.52. The van der Waals surface area contributed by atoms with Crippen LogP contribution in [0.4, 0.5) is 0 Å². The summed E-state index contributed by atoms with van der Waals surface area (Å²) in [6, 6.07) is 0.509. The Bertz CT molecular complexity index is 248.